The number of nitrogens with one attached hydrogen (secondary N) is 1. The van der Waals surface area contributed by atoms with Crippen LogP contribution in [0.1, 0.15) is 35.6 Å². The number of rotatable bonds is 6. The van der Waals surface area contributed by atoms with Gasteiger partial charge in [0.05, 0.1) is 12.2 Å². The smallest absolute Gasteiger partial charge is 0.395 e. The van der Waals surface area contributed by atoms with Crippen LogP contribution < -0.4 is 5.32 Å². The molecule has 2 atom stereocenters. The summed E-state index contributed by atoms with van der Waals surface area (Å²) in [5, 5.41) is 23.2. The van der Waals surface area contributed by atoms with Gasteiger partial charge < -0.3 is 14.8 Å². The van der Waals surface area contributed by atoms with Gasteiger partial charge in [-0.05, 0) is 25.0 Å². The molecule has 0 aliphatic heterocycles. The third kappa shape index (κ3) is 3.92. The number of nitro groups is 1. The predicted molar refractivity (Wildman–Crippen MR) is 78.3 cm³/mol. The standard InChI is InChI=1S/C15H16N2O5/c1-10(9-12(18)11-5-3-2-4-6-11)16-15(19)13-7-8-14(22-13)17(20)21/h2-8,10,12,18H,9H2,1H3,(H,16,19)/t10-,12-/m1/s1. The van der Waals surface area contributed by atoms with Crippen molar-refractivity contribution in [1.82, 2.24) is 5.32 Å². The highest BCUT2D eigenvalue weighted by atomic mass is 16.6. The summed E-state index contributed by atoms with van der Waals surface area (Å²) in [5.41, 5.74) is 0.761. The van der Waals surface area contributed by atoms with Gasteiger partial charge in [-0.1, -0.05) is 30.3 Å². The minimum absolute atomic E-state index is 0.132. The Kier molecular flexibility index (Phi) is 4.90. The number of aliphatic hydroxyl groups is 1. The number of carbonyl (C=O) groups is 1. The summed E-state index contributed by atoms with van der Waals surface area (Å²) < 4.78 is 4.82. The molecule has 0 saturated heterocycles. The first-order valence-electron chi connectivity index (χ1n) is 6.75. The van der Waals surface area contributed by atoms with Crippen LogP contribution in [0.5, 0.6) is 0 Å². The van der Waals surface area contributed by atoms with Crippen LogP contribution in [0, 0.1) is 10.1 Å². The van der Waals surface area contributed by atoms with Crippen molar-refractivity contribution in [3.05, 3.63) is 63.9 Å². The van der Waals surface area contributed by atoms with Crippen molar-refractivity contribution in [1.29, 1.82) is 0 Å². The average Bonchev–Trinajstić information content (AvgIpc) is 2.98. The Labute approximate surface area is 126 Å². The molecule has 0 saturated carbocycles. The number of aliphatic hydroxyl groups excluding tert-OH is 1. The van der Waals surface area contributed by atoms with E-state index in [4.69, 9.17) is 4.42 Å². The van der Waals surface area contributed by atoms with Gasteiger partial charge in [-0.15, -0.1) is 0 Å². The van der Waals surface area contributed by atoms with Crippen molar-refractivity contribution in [2.24, 2.45) is 0 Å². The Morgan fingerprint density at radius 1 is 1.32 bits per heavy atom. The number of benzene rings is 1. The first-order valence-corrected chi connectivity index (χ1v) is 6.75. The van der Waals surface area contributed by atoms with Gasteiger partial charge >= 0.3 is 5.88 Å². The Balaban J connectivity index is 1.92. The summed E-state index contributed by atoms with van der Waals surface area (Å²) in [6.07, 6.45) is -0.388. The molecule has 1 aromatic carbocycles. The van der Waals surface area contributed by atoms with Gasteiger partial charge in [0.1, 0.15) is 4.92 Å². The lowest BCUT2D eigenvalue weighted by atomic mass is 10.0. The van der Waals surface area contributed by atoms with E-state index in [1.807, 2.05) is 18.2 Å². The summed E-state index contributed by atoms with van der Waals surface area (Å²) >= 11 is 0. The lowest BCUT2D eigenvalue weighted by molar-refractivity contribution is -0.402. The molecule has 0 aliphatic rings. The molecule has 2 N–H and O–H groups in total. The number of hydrogen-bond acceptors (Lipinski definition) is 5. The molecule has 2 aromatic rings. The van der Waals surface area contributed by atoms with Crippen molar-refractivity contribution >= 4 is 11.8 Å². The highest BCUT2D eigenvalue weighted by Crippen LogP contribution is 2.19. The zero-order valence-electron chi connectivity index (χ0n) is 11.9. The fourth-order valence-corrected chi connectivity index (χ4v) is 2.05. The maximum Gasteiger partial charge on any atom is 0.433 e. The first-order chi connectivity index (χ1) is 10.5. The van der Waals surface area contributed by atoms with E-state index in [2.05, 4.69) is 5.32 Å². The monoisotopic (exact) mass is 304 g/mol. The van der Waals surface area contributed by atoms with Crippen LogP contribution in [0.25, 0.3) is 0 Å². The van der Waals surface area contributed by atoms with Crippen LogP contribution >= 0.6 is 0 Å². The fourth-order valence-electron chi connectivity index (χ4n) is 2.05. The second kappa shape index (κ2) is 6.86. The minimum atomic E-state index is -0.709. The van der Waals surface area contributed by atoms with E-state index in [0.717, 1.165) is 11.6 Å². The van der Waals surface area contributed by atoms with Crippen LogP contribution in [0.15, 0.2) is 46.9 Å². The SMILES string of the molecule is C[C@H](C[C@@H](O)c1ccccc1)NC(=O)c1ccc([N+](=O)[O-])o1. The maximum atomic E-state index is 11.9. The quantitative estimate of drug-likeness (QED) is 0.629. The summed E-state index contributed by atoms with van der Waals surface area (Å²) in [6.45, 7) is 1.74. The number of furan rings is 1. The van der Waals surface area contributed by atoms with E-state index in [9.17, 15) is 20.0 Å². The van der Waals surface area contributed by atoms with Crippen molar-refractivity contribution < 1.29 is 19.2 Å². The van der Waals surface area contributed by atoms with Gasteiger partial charge in [-0.2, -0.15) is 0 Å². The molecule has 22 heavy (non-hydrogen) atoms. The highest BCUT2D eigenvalue weighted by Gasteiger charge is 2.20. The molecule has 2 rings (SSSR count). The summed E-state index contributed by atoms with van der Waals surface area (Å²) in [4.78, 5) is 21.7. The van der Waals surface area contributed by atoms with Gasteiger partial charge in [0.25, 0.3) is 5.91 Å². The first kappa shape index (κ1) is 15.7. The number of hydrogen-bond donors (Lipinski definition) is 2. The molecule has 0 unspecified atom stereocenters. The second-order valence-corrected chi connectivity index (χ2v) is 4.93. The Morgan fingerprint density at radius 2 is 2.00 bits per heavy atom. The van der Waals surface area contributed by atoms with Crippen molar-refractivity contribution in [3.63, 3.8) is 0 Å². The third-order valence-corrected chi connectivity index (χ3v) is 3.13. The Hall–Kier alpha value is -2.67. The van der Waals surface area contributed by atoms with Gasteiger partial charge in [0.2, 0.25) is 0 Å². The fraction of sp³-hybridized carbons (Fsp3) is 0.267. The average molecular weight is 304 g/mol. The van der Waals surface area contributed by atoms with E-state index >= 15 is 0 Å². The van der Waals surface area contributed by atoms with Gasteiger partial charge in [0, 0.05) is 6.04 Å². The third-order valence-electron chi connectivity index (χ3n) is 3.13. The molecule has 0 bridgehead atoms. The summed E-state index contributed by atoms with van der Waals surface area (Å²) in [5.74, 6) is -1.17. The molecule has 0 spiro atoms. The summed E-state index contributed by atoms with van der Waals surface area (Å²) in [6, 6.07) is 11.1. The number of nitrogens with zero attached hydrogens (tertiary/aromatic N) is 1. The van der Waals surface area contributed by atoms with Crippen molar-refractivity contribution in [3.8, 4) is 0 Å². The molecule has 1 heterocycles. The molecule has 0 fully saturated rings. The molecule has 116 valence electrons. The highest BCUT2D eigenvalue weighted by molar-refractivity contribution is 5.91. The van der Waals surface area contributed by atoms with Crippen molar-refractivity contribution in [2.45, 2.75) is 25.5 Å². The normalized spacial score (nSPS) is 13.4. The number of carbonyl (C=O) groups excluding carboxylic acids is 1. The lowest BCUT2D eigenvalue weighted by Gasteiger charge is -2.17. The van der Waals surface area contributed by atoms with Crippen LogP contribution in [0.2, 0.25) is 0 Å². The zero-order valence-corrected chi connectivity index (χ0v) is 11.9. The van der Waals surface area contributed by atoms with E-state index in [0.29, 0.717) is 6.42 Å². The molecular weight excluding hydrogens is 288 g/mol. The van der Waals surface area contributed by atoms with Gasteiger partial charge in [-0.3, -0.25) is 14.9 Å². The van der Waals surface area contributed by atoms with E-state index < -0.39 is 22.8 Å². The van der Waals surface area contributed by atoms with Crippen LogP contribution in [0.4, 0.5) is 5.88 Å². The molecular formula is C15H16N2O5. The van der Waals surface area contributed by atoms with Gasteiger partial charge in [-0.25, -0.2) is 0 Å². The molecule has 1 amide bonds. The molecule has 7 heteroatoms. The van der Waals surface area contributed by atoms with Gasteiger partial charge in [0.15, 0.2) is 5.76 Å². The molecule has 0 aliphatic carbocycles. The van der Waals surface area contributed by atoms with Crippen LogP contribution in [0.3, 0.4) is 0 Å². The van der Waals surface area contributed by atoms with Crippen LogP contribution in [-0.4, -0.2) is 22.0 Å². The molecule has 0 radical (unpaired) electrons. The topological polar surface area (TPSA) is 106 Å². The maximum absolute atomic E-state index is 11.9. The number of amides is 1. The van der Waals surface area contributed by atoms with Crippen molar-refractivity contribution in [2.75, 3.05) is 0 Å². The van der Waals surface area contributed by atoms with E-state index in [1.165, 1.54) is 6.07 Å². The Morgan fingerprint density at radius 3 is 2.59 bits per heavy atom. The largest absolute Gasteiger partial charge is 0.433 e. The van der Waals surface area contributed by atoms with Crippen LogP contribution in [-0.2, 0) is 0 Å². The zero-order chi connectivity index (χ0) is 16.1. The minimum Gasteiger partial charge on any atom is -0.395 e. The lowest BCUT2D eigenvalue weighted by Crippen LogP contribution is -2.33. The second-order valence-electron chi connectivity index (χ2n) is 4.93. The summed E-state index contributed by atoms with van der Waals surface area (Å²) in [7, 11) is 0. The molecule has 7 nitrogen and oxygen atoms in total. The van der Waals surface area contributed by atoms with E-state index in [-0.39, 0.29) is 11.8 Å². The van der Waals surface area contributed by atoms with E-state index in [1.54, 1.807) is 19.1 Å². The predicted octanol–water partition coefficient (Wildman–Crippen LogP) is 2.43. The molecule has 1 aromatic heterocycles. The Bertz CT molecular complexity index is 653.